The molecule has 0 N–H and O–H groups in total. The summed E-state index contributed by atoms with van der Waals surface area (Å²) < 4.78 is 11.7. The van der Waals surface area contributed by atoms with Crippen molar-refractivity contribution in [1.82, 2.24) is 9.97 Å². The third-order valence-electron chi connectivity index (χ3n) is 5.23. The number of fused-ring (bicyclic) bond motifs is 1. The highest BCUT2D eigenvalue weighted by Gasteiger charge is 2.41. The molecule has 26 heavy (non-hydrogen) atoms. The van der Waals surface area contributed by atoms with Crippen molar-refractivity contribution in [2.24, 2.45) is 0 Å². The first-order chi connectivity index (χ1) is 12.8. The first-order valence-electron chi connectivity index (χ1n) is 9.12. The summed E-state index contributed by atoms with van der Waals surface area (Å²) in [4.78, 5) is 12.1. The van der Waals surface area contributed by atoms with Gasteiger partial charge in [-0.25, -0.2) is 9.97 Å². The maximum atomic E-state index is 6.10. The van der Waals surface area contributed by atoms with E-state index >= 15 is 0 Å². The van der Waals surface area contributed by atoms with E-state index < -0.39 is 0 Å². The van der Waals surface area contributed by atoms with E-state index in [9.17, 15) is 0 Å². The Bertz CT molecular complexity index is 923. The molecule has 132 valence electrons. The van der Waals surface area contributed by atoms with E-state index in [2.05, 4.69) is 29.2 Å². The molecule has 5 heteroatoms. The third kappa shape index (κ3) is 2.73. The number of ether oxygens (including phenoxy) is 2. The first-order valence-corrected chi connectivity index (χ1v) is 9.12. The zero-order valence-corrected chi connectivity index (χ0v) is 14.6. The lowest BCUT2D eigenvalue weighted by atomic mass is 10.0. The van der Waals surface area contributed by atoms with E-state index in [1.807, 2.05) is 30.3 Å². The highest BCUT2D eigenvalue weighted by molar-refractivity contribution is 5.91. The van der Waals surface area contributed by atoms with Gasteiger partial charge in [-0.2, -0.15) is 0 Å². The molecule has 0 amide bonds. The van der Waals surface area contributed by atoms with E-state index in [0.717, 1.165) is 54.2 Å². The second kappa shape index (κ2) is 6.34. The zero-order valence-electron chi connectivity index (χ0n) is 14.6. The molecule has 1 unspecified atom stereocenters. The number of hydrogen-bond donors (Lipinski definition) is 0. The molecular formula is C21H21N3O2. The fraction of sp³-hybridized carbons (Fsp3) is 0.333. The number of morpholine rings is 1. The van der Waals surface area contributed by atoms with Crippen molar-refractivity contribution in [3.05, 3.63) is 54.6 Å². The lowest BCUT2D eigenvalue weighted by Gasteiger charge is -2.40. The molecule has 3 aromatic rings. The molecule has 0 aliphatic carbocycles. The SMILES string of the molecule is c1ccc(-c2nc(N3CCOC4(CCOC4)C3)c3ccccc3n2)cc1. The maximum absolute atomic E-state index is 6.10. The van der Waals surface area contributed by atoms with Crippen molar-refractivity contribution in [2.75, 3.05) is 37.8 Å². The van der Waals surface area contributed by atoms with Gasteiger partial charge in [-0.15, -0.1) is 0 Å². The molecule has 2 saturated heterocycles. The van der Waals surface area contributed by atoms with Crippen LogP contribution in [-0.2, 0) is 9.47 Å². The molecule has 1 spiro atoms. The number of anilines is 1. The fourth-order valence-electron chi connectivity index (χ4n) is 3.87. The lowest BCUT2D eigenvalue weighted by molar-refractivity contribution is -0.0580. The molecule has 2 fully saturated rings. The summed E-state index contributed by atoms with van der Waals surface area (Å²) in [6.07, 6.45) is 0.943. The van der Waals surface area contributed by atoms with Gasteiger partial charge in [0.15, 0.2) is 5.82 Å². The van der Waals surface area contributed by atoms with Gasteiger partial charge >= 0.3 is 0 Å². The van der Waals surface area contributed by atoms with Gasteiger partial charge in [0.2, 0.25) is 0 Å². The van der Waals surface area contributed by atoms with E-state index in [-0.39, 0.29) is 5.60 Å². The normalized spacial score (nSPS) is 23.0. The van der Waals surface area contributed by atoms with Crippen LogP contribution in [0.1, 0.15) is 6.42 Å². The number of rotatable bonds is 2. The molecule has 2 aliphatic heterocycles. The fourth-order valence-corrected chi connectivity index (χ4v) is 3.87. The summed E-state index contributed by atoms with van der Waals surface area (Å²) >= 11 is 0. The van der Waals surface area contributed by atoms with Crippen LogP contribution in [0.5, 0.6) is 0 Å². The van der Waals surface area contributed by atoms with Gasteiger partial charge < -0.3 is 14.4 Å². The molecule has 0 radical (unpaired) electrons. The second-order valence-corrected chi connectivity index (χ2v) is 7.01. The first kappa shape index (κ1) is 15.7. The van der Waals surface area contributed by atoms with Crippen LogP contribution in [0.2, 0.25) is 0 Å². The zero-order chi connectivity index (χ0) is 17.4. The Kier molecular flexibility index (Phi) is 3.84. The van der Waals surface area contributed by atoms with Crippen LogP contribution in [0.3, 0.4) is 0 Å². The Morgan fingerprint density at radius 3 is 2.62 bits per heavy atom. The summed E-state index contributed by atoms with van der Waals surface area (Å²) in [5.74, 6) is 1.76. The summed E-state index contributed by atoms with van der Waals surface area (Å²) in [5, 5.41) is 1.09. The molecule has 0 bridgehead atoms. The number of nitrogens with zero attached hydrogens (tertiary/aromatic N) is 3. The Hall–Kier alpha value is -2.50. The average molecular weight is 347 g/mol. The molecule has 0 saturated carbocycles. The van der Waals surface area contributed by atoms with Crippen LogP contribution in [0.25, 0.3) is 22.3 Å². The van der Waals surface area contributed by atoms with Gasteiger partial charge in [-0.05, 0) is 12.1 Å². The second-order valence-electron chi connectivity index (χ2n) is 7.01. The van der Waals surface area contributed by atoms with Crippen molar-refractivity contribution in [3.63, 3.8) is 0 Å². The summed E-state index contributed by atoms with van der Waals surface area (Å²) in [5.41, 5.74) is 1.81. The Balaban J connectivity index is 1.62. The quantitative estimate of drug-likeness (QED) is 0.712. The minimum absolute atomic E-state index is 0.197. The smallest absolute Gasteiger partial charge is 0.162 e. The van der Waals surface area contributed by atoms with Crippen molar-refractivity contribution >= 4 is 16.7 Å². The van der Waals surface area contributed by atoms with Crippen LogP contribution >= 0.6 is 0 Å². The van der Waals surface area contributed by atoms with Gasteiger partial charge in [-0.3, -0.25) is 0 Å². The molecule has 1 atom stereocenters. The van der Waals surface area contributed by atoms with Crippen LogP contribution in [-0.4, -0.2) is 48.5 Å². The lowest BCUT2D eigenvalue weighted by Crippen LogP contribution is -2.52. The van der Waals surface area contributed by atoms with E-state index in [4.69, 9.17) is 19.4 Å². The Morgan fingerprint density at radius 1 is 0.923 bits per heavy atom. The molecule has 1 aromatic heterocycles. The van der Waals surface area contributed by atoms with Crippen LogP contribution < -0.4 is 4.90 Å². The number of benzene rings is 2. The van der Waals surface area contributed by atoms with Gasteiger partial charge in [0, 0.05) is 30.5 Å². The average Bonchev–Trinajstić information content (AvgIpc) is 3.15. The van der Waals surface area contributed by atoms with Crippen molar-refractivity contribution in [3.8, 4) is 11.4 Å². The third-order valence-corrected chi connectivity index (χ3v) is 5.23. The van der Waals surface area contributed by atoms with E-state index in [0.29, 0.717) is 13.2 Å². The largest absolute Gasteiger partial charge is 0.378 e. The molecule has 2 aromatic carbocycles. The van der Waals surface area contributed by atoms with Crippen LogP contribution in [0.4, 0.5) is 5.82 Å². The van der Waals surface area contributed by atoms with Crippen LogP contribution in [0, 0.1) is 0 Å². The van der Waals surface area contributed by atoms with Gasteiger partial charge in [0.05, 0.1) is 25.3 Å². The molecule has 2 aliphatic rings. The minimum atomic E-state index is -0.197. The van der Waals surface area contributed by atoms with E-state index in [1.165, 1.54) is 0 Å². The number of aromatic nitrogens is 2. The highest BCUT2D eigenvalue weighted by Crippen LogP contribution is 2.33. The number of hydrogen-bond acceptors (Lipinski definition) is 5. The van der Waals surface area contributed by atoms with Gasteiger partial charge in [-0.1, -0.05) is 42.5 Å². The molecular weight excluding hydrogens is 326 g/mol. The van der Waals surface area contributed by atoms with Crippen molar-refractivity contribution in [1.29, 1.82) is 0 Å². The monoisotopic (exact) mass is 347 g/mol. The van der Waals surface area contributed by atoms with Gasteiger partial charge in [0.1, 0.15) is 11.4 Å². The summed E-state index contributed by atoms with van der Waals surface area (Å²) in [7, 11) is 0. The number of para-hydroxylation sites is 1. The predicted octanol–water partition coefficient (Wildman–Crippen LogP) is 3.29. The standard InChI is InChI=1S/C21H21N3O2/c1-2-6-16(7-3-1)19-22-18-9-5-4-8-17(18)20(23-19)24-11-13-26-21(14-24)10-12-25-15-21/h1-9H,10-15H2. The van der Waals surface area contributed by atoms with Crippen molar-refractivity contribution in [2.45, 2.75) is 12.0 Å². The van der Waals surface area contributed by atoms with Crippen molar-refractivity contribution < 1.29 is 9.47 Å². The summed E-state index contributed by atoms with van der Waals surface area (Å²) in [6.45, 7) is 3.77. The highest BCUT2D eigenvalue weighted by atomic mass is 16.6. The topological polar surface area (TPSA) is 47.5 Å². The Labute approximate surface area is 152 Å². The predicted molar refractivity (Wildman–Crippen MR) is 101 cm³/mol. The molecule has 3 heterocycles. The minimum Gasteiger partial charge on any atom is -0.378 e. The van der Waals surface area contributed by atoms with Gasteiger partial charge in [0.25, 0.3) is 0 Å². The Morgan fingerprint density at radius 2 is 1.77 bits per heavy atom. The van der Waals surface area contributed by atoms with E-state index in [1.54, 1.807) is 0 Å². The summed E-state index contributed by atoms with van der Waals surface area (Å²) in [6, 6.07) is 18.4. The maximum Gasteiger partial charge on any atom is 0.162 e. The molecule has 5 nitrogen and oxygen atoms in total. The van der Waals surface area contributed by atoms with Crippen LogP contribution in [0.15, 0.2) is 54.6 Å². The molecule has 5 rings (SSSR count).